The zero-order valence-electron chi connectivity index (χ0n) is 12.3. The molecule has 3 heterocycles. The molecule has 1 N–H and O–H groups in total. The number of hydrogen-bond acceptors (Lipinski definition) is 4. The first-order valence-electron chi connectivity index (χ1n) is 7.59. The Morgan fingerprint density at radius 3 is 2.38 bits per heavy atom. The van der Waals surface area contributed by atoms with Crippen molar-refractivity contribution >= 4 is 24.4 Å². The van der Waals surface area contributed by atoms with Gasteiger partial charge in [-0.25, -0.2) is 4.79 Å². The van der Waals surface area contributed by atoms with Gasteiger partial charge in [0.25, 0.3) is 0 Å². The van der Waals surface area contributed by atoms with Crippen LogP contribution in [-0.2, 0) is 9.53 Å². The number of piperidine rings is 2. The Morgan fingerprint density at radius 1 is 1.14 bits per heavy atom. The number of carbonyl (C=O) groups excluding carboxylic acids is 2. The molecule has 2 amide bonds. The SMILES string of the molecule is Cl.O=C(CN1CCOC1=O)N1CCC2(CCNCC2)CC1. The minimum Gasteiger partial charge on any atom is -0.448 e. The topological polar surface area (TPSA) is 61.9 Å². The maximum atomic E-state index is 12.2. The number of rotatable bonds is 2. The van der Waals surface area contributed by atoms with Gasteiger partial charge in [0.05, 0.1) is 6.54 Å². The minimum absolute atomic E-state index is 0. The second-order valence-electron chi connectivity index (χ2n) is 6.17. The maximum Gasteiger partial charge on any atom is 0.410 e. The van der Waals surface area contributed by atoms with Gasteiger partial charge in [-0.05, 0) is 44.2 Å². The van der Waals surface area contributed by atoms with E-state index >= 15 is 0 Å². The van der Waals surface area contributed by atoms with Crippen molar-refractivity contribution in [2.75, 3.05) is 45.9 Å². The van der Waals surface area contributed by atoms with Crippen molar-refractivity contribution in [3.8, 4) is 0 Å². The average molecular weight is 318 g/mol. The number of nitrogens with zero attached hydrogens (tertiary/aromatic N) is 2. The molecule has 0 aromatic carbocycles. The van der Waals surface area contributed by atoms with E-state index in [2.05, 4.69) is 5.32 Å². The molecule has 0 radical (unpaired) electrons. The summed E-state index contributed by atoms with van der Waals surface area (Å²) in [7, 11) is 0. The molecule has 120 valence electrons. The quantitative estimate of drug-likeness (QED) is 0.820. The van der Waals surface area contributed by atoms with E-state index in [0.29, 0.717) is 18.6 Å². The third-order valence-corrected chi connectivity index (χ3v) is 5.01. The van der Waals surface area contributed by atoms with Crippen molar-refractivity contribution in [3.05, 3.63) is 0 Å². The lowest BCUT2D eigenvalue weighted by molar-refractivity contribution is -0.134. The van der Waals surface area contributed by atoms with Gasteiger partial charge in [0.2, 0.25) is 5.91 Å². The van der Waals surface area contributed by atoms with Crippen molar-refractivity contribution in [1.29, 1.82) is 0 Å². The fourth-order valence-corrected chi connectivity index (χ4v) is 3.52. The molecule has 0 saturated carbocycles. The van der Waals surface area contributed by atoms with Gasteiger partial charge in [0, 0.05) is 13.1 Å². The van der Waals surface area contributed by atoms with Gasteiger partial charge in [0.15, 0.2) is 0 Å². The number of likely N-dealkylation sites (tertiary alicyclic amines) is 1. The van der Waals surface area contributed by atoms with Gasteiger partial charge < -0.3 is 15.0 Å². The smallest absolute Gasteiger partial charge is 0.410 e. The summed E-state index contributed by atoms with van der Waals surface area (Å²) in [4.78, 5) is 27.0. The average Bonchev–Trinajstić information content (AvgIpc) is 2.86. The van der Waals surface area contributed by atoms with Crippen LogP contribution in [0.1, 0.15) is 25.7 Å². The van der Waals surface area contributed by atoms with Crippen LogP contribution in [0.15, 0.2) is 0 Å². The molecule has 0 atom stereocenters. The number of ether oxygens (including phenoxy) is 1. The van der Waals surface area contributed by atoms with Crippen LogP contribution >= 0.6 is 12.4 Å². The van der Waals surface area contributed by atoms with Crippen molar-refractivity contribution in [3.63, 3.8) is 0 Å². The molecule has 21 heavy (non-hydrogen) atoms. The second kappa shape index (κ2) is 6.83. The predicted molar refractivity (Wildman–Crippen MR) is 80.5 cm³/mol. The van der Waals surface area contributed by atoms with E-state index in [1.807, 2.05) is 4.90 Å². The summed E-state index contributed by atoms with van der Waals surface area (Å²) in [6.07, 6.45) is 4.31. The predicted octanol–water partition coefficient (Wildman–Crippen LogP) is 0.853. The number of cyclic esters (lactones) is 1. The summed E-state index contributed by atoms with van der Waals surface area (Å²) in [5.41, 5.74) is 0.453. The van der Waals surface area contributed by atoms with Gasteiger partial charge in [0.1, 0.15) is 13.2 Å². The Morgan fingerprint density at radius 2 is 1.81 bits per heavy atom. The van der Waals surface area contributed by atoms with E-state index < -0.39 is 0 Å². The van der Waals surface area contributed by atoms with Crippen LogP contribution in [-0.4, -0.2) is 67.7 Å². The second-order valence-corrected chi connectivity index (χ2v) is 6.17. The summed E-state index contributed by atoms with van der Waals surface area (Å²) in [6.45, 7) is 4.99. The number of amides is 2. The zero-order valence-corrected chi connectivity index (χ0v) is 13.1. The summed E-state index contributed by atoms with van der Waals surface area (Å²) in [5, 5.41) is 3.40. The Hall–Kier alpha value is -1.01. The fourth-order valence-electron chi connectivity index (χ4n) is 3.52. The van der Waals surface area contributed by atoms with Crippen LogP contribution in [0.3, 0.4) is 0 Å². The molecule has 0 unspecified atom stereocenters. The standard InChI is InChI=1S/C14H23N3O3.ClH/c18-12(11-17-9-10-20-13(17)19)16-7-3-14(4-8-16)1-5-15-6-2-14;/h15H,1-11H2;1H. The largest absolute Gasteiger partial charge is 0.448 e. The van der Waals surface area contributed by atoms with E-state index in [0.717, 1.165) is 39.0 Å². The zero-order chi connectivity index (χ0) is 14.0. The first-order valence-corrected chi connectivity index (χ1v) is 7.59. The molecule has 0 aromatic heterocycles. The van der Waals surface area contributed by atoms with Crippen molar-refractivity contribution in [1.82, 2.24) is 15.1 Å². The van der Waals surface area contributed by atoms with Crippen LogP contribution in [0.25, 0.3) is 0 Å². The van der Waals surface area contributed by atoms with Gasteiger partial charge in [-0.1, -0.05) is 0 Å². The third kappa shape index (κ3) is 3.61. The molecule has 3 fully saturated rings. The molecule has 6 nitrogen and oxygen atoms in total. The van der Waals surface area contributed by atoms with Crippen molar-refractivity contribution < 1.29 is 14.3 Å². The summed E-state index contributed by atoms with van der Waals surface area (Å²) >= 11 is 0. The molecule has 3 aliphatic rings. The lowest BCUT2D eigenvalue weighted by atomic mass is 9.71. The van der Waals surface area contributed by atoms with E-state index in [1.165, 1.54) is 17.7 Å². The Kier molecular flexibility index (Phi) is 5.32. The summed E-state index contributed by atoms with van der Waals surface area (Å²) in [6, 6.07) is 0. The molecular formula is C14H24ClN3O3. The minimum atomic E-state index is -0.356. The highest BCUT2D eigenvalue weighted by atomic mass is 35.5. The summed E-state index contributed by atoms with van der Waals surface area (Å²) < 4.78 is 4.85. The van der Waals surface area contributed by atoms with E-state index in [1.54, 1.807) is 0 Å². The van der Waals surface area contributed by atoms with Crippen molar-refractivity contribution in [2.45, 2.75) is 25.7 Å². The van der Waals surface area contributed by atoms with Gasteiger partial charge in [-0.3, -0.25) is 9.69 Å². The van der Waals surface area contributed by atoms with Crippen LogP contribution in [0.2, 0.25) is 0 Å². The highest BCUT2D eigenvalue weighted by Gasteiger charge is 2.37. The molecule has 3 aliphatic heterocycles. The number of nitrogens with one attached hydrogen (secondary N) is 1. The number of carbonyl (C=O) groups is 2. The van der Waals surface area contributed by atoms with Crippen molar-refractivity contribution in [2.24, 2.45) is 5.41 Å². The van der Waals surface area contributed by atoms with Crippen LogP contribution in [0, 0.1) is 5.41 Å². The van der Waals surface area contributed by atoms with Gasteiger partial charge in [-0.2, -0.15) is 0 Å². The van der Waals surface area contributed by atoms with E-state index in [4.69, 9.17) is 4.74 Å². The number of halogens is 1. The summed E-state index contributed by atoms with van der Waals surface area (Å²) in [5.74, 6) is 0.0626. The van der Waals surface area contributed by atoms with Crippen LogP contribution in [0.4, 0.5) is 4.79 Å². The Bertz CT molecular complexity index is 389. The first kappa shape index (κ1) is 16.4. The lowest BCUT2D eigenvalue weighted by Crippen LogP contribution is -2.49. The monoisotopic (exact) mass is 317 g/mol. The molecule has 0 bridgehead atoms. The van der Waals surface area contributed by atoms with Crippen LogP contribution in [0.5, 0.6) is 0 Å². The molecule has 3 rings (SSSR count). The highest BCUT2D eigenvalue weighted by molar-refractivity contribution is 5.85. The molecule has 0 aliphatic carbocycles. The van der Waals surface area contributed by atoms with Gasteiger partial charge in [-0.15, -0.1) is 12.4 Å². The van der Waals surface area contributed by atoms with Crippen LogP contribution < -0.4 is 5.32 Å². The van der Waals surface area contributed by atoms with Gasteiger partial charge >= 0.3 is 6.09 Å². The Balaban J connectivity index is 0.00000161. The highest BCUT2D eigenvalue weighted by Crippen LogP contribution is 2.39. The third-order valence-electron chi connectivity index (χ3n) is 5.01. The number of hydrogen-bond donors (Lipinski definition) is 1. The molecule has 3 saturated heterocycles. The Labute approximate surface area is 131 Å². The lowest BCUT2D eigenvalue weighted by Gasteiger charge is -2.44. The molecule has 0 aromatic rings. The molecular weight excluding hydrogens is 294 g/mol. The normalized spacial score (nSPS) is 24.7. The maximum absolute atomic E-state index is 12.2. The van der Waals surface area contributed by atoms with E-state index in [-0.39, 0.29) is 31.0 Å². The fraction of sp³-hybridized carbons (Fsp3) is 0.857. The molecule has 7 heteroatoms. The first-order chi connectivity index (χ1) is 9.69. The van der Waals surface area contributed by atoms with E-state index in [9.17, 15) is 9.59 Å². The molecule has 1 spiro atoms.